The molecular formula is C13H14N4O2S. The number of aromatic nitrogens is 3. The Morgan fingerprint density at radius 3 is 2.85 bits per heavy atom. The van der Waals surface area contributed by atoms with Crippen LogP contribution in [0.5, 0.6) is 0 Å². The average Bonchev–Trinajstić information content (AvgIpc) is 3.19. The van der Waals surface area contributed by atoms with Crippen molar-refractivity contribution in [2.75, 3.05) is 0 Å². The molecule has 2 aromatic heterocycles. The van der Waals surface area contributed by atoms with Crippen LogP contribution < -0.4 is 5.56 Å². The minimum atomic E-state index is -0.311. The number of nitrogens with one attached hydrogen (secondary N) is 1. The summed E-state index contributed by atoms with van der Waals surface area (Å²) in [6.45, 7) is 2.44. The van der Waals surface area contributed by atoms with Crippen molar-refractivity contribution in [2.24, 2.45) is 0 Å². The topological polar surface area (TPSA) is 79.0 Å². The summed E-state index contributed by atoms with van der Waals surface area (Å²) in [7, 11) is 0. The zero-order valence-electron chi connectivity index (χ0n) is 11.0. The minimum Gasteiger partial charge on any atom is -0.328 e. The molecule has 2 heterocycles. The number of hydrogen-bond donors (Lipinski definition) is 1. The third-order valence-electron chi connectivity index (χ3n) is 3.15. The monoisotopic (exact) mass is 290 g/mol. The number of thiazole rings is 1. The molecule has 1 fully saturated rings. The number of H-pyrrole nitrogens is 1. The Balaban J connectivity index is 1.81. The van der Waals surface area contributed by atoms with Crippen LogP contribution in [0.1, 0.15) is 34.0 Å². The Kier molecular flexibility index (Phi) is 3.35. The molecule has 7 heteroatoms. The largest absolute Gasteiger partial charge is 0.328 e. The summed E-state index contributed by atoms with van der Waals surface area (Å²) < 4.78 is 0. The second-order valence-corrected chi connectivity index (χ2v) is 5.89. The van der Waals surface area contributed by atoms with E-state index in [2.05, 4.69) is 15.2 Å². The Labute approximate surface area is 119 Å². The van der Waals surface area contributed by atoms with Gasteiger partial charge in [0.1, 0.15) is 5.69 Å². The molecule has 0 radical (unpaired) electrons. The van der Waals surface area contributed by atoms with Gasteiger partial charge in [0.05, 0.1) is 17.2 Å². The molecule has 0 bridgehead atoms. The standard InChI is InChI=1S/C13H14N4O2S/c1-8-14-9(7-20-8)6-17(10-2-3-10)13(19)11-4-5-12(18)16-15-11/h4-5,7,10H,2-3,6H2,1H3,(H,16,18). The first kappa shape index (κ1) is 13.0. The highest BCUT2D eigenvalue weighted by atomic mass is 32.1. The molecule has 1 amide bonds. The predicted molar refractivity (Wildman–Crippen MR) is 74.6 cm³/mol. The first-order valence-corrected chi connectivity index (χ1v) is 7.29. The number of nitrogens with zero attached hydrogens (tertiary/aromatic N) is 3. The first-order chi connectivity index (χ1) is 9.63. The van der Waals surface area contributed by atoms with Gasteiger partial charge in [-0.1, -0.05) is 0 Å². The van der Waals surface area contributed by atoms with E-state index in [1.54, 1.807) is 16.2 Å². The first-order valence-electron chi connectivity index (χ1n) is 6.41. The maximum Gasteiger partial charge on any atom is 0.274 e. The van der Waals surface area contributed by atoms with Crippen LogP contribution in [0.2, 0.25) is 0 Å². The van der Waals surface area contributed by atoms with Gasteiger partial charge in [-0.25, -0.2) is 10.1 Å². The zero-order valence-corrected chi connectivity index (χ0v) is 11.8. The van der Waals surface area contributed by atoms with Crippen LogP contribution in [0, 0.1) is 6.92 Å². The number of aryl methyl sites for hydroxylation is 1. The van der Waals surface area contributed by atoms with Crippen molar-refractivity contribution >= 4 is 17.2 Å². The smallest absolute Gasteiger partial charge is 0.274 e. The molecule has 3 rings (SSSR count). The molecule has 0 saturated heterocycles. The van der Waals surface area contributed by atoms with E-state index in [-0.39, 0.29) is 23.2 Å². The van der Waals surface area contributed by atoms with Gasteiger partial charge in [-0.05, 0) is 25.8 Å². The van der Waals surface area contributed by atoms with Gasteiger partial charge in [-0.3, -0.25) is 9.59 Å². The highest BCUT2D eigenvalue weighted by molar-refractivity contribution is 7.09. The predicted octanol–water partition coefficient (Wildman–Crippen LogP) is 1.34. The highest BCUT2D eigenvalue weighted by Gasteiger charge is 2.34. The lowest BCUT2D eigenvalue weighted by atomic mass is 10.3. The molecule has 0 unspecified atom stereocenters. The van der Waals surface area contributed by atoms with Crippen LogP contribution >= 0.6 is 11.3 Å². The summed E-state index contributed by atoms with van der Waals surface area (Å²) >= 11 is 1.58. The van der Waals surface area contributed by atoms with Crippen LogP contribution in [-0.4, -0.2) is 32.0 Å². The lowest BCUT2D eigenvalue weighted by Crippen LogP contribution is -2.33. The Bertz CT molecular complexity index is 669. The van der Waals surface area contributed by atoms with Crippen molar-refractivity contribution in [2.45, 2.75) is 32.4 Å². The molecule has 1 aliphatic carbocycles. The summed E-state index contributed by atoms with van der Waals surface area (Å²) in [6.07, 6.45) is 2.02. The van der Waals surface area contributed by atoms with Crippen molar-refractivity contribution in [3.63, 3.8) is 0 Å². The second-order valence-electron chi connectivity index (χ2n) is 4.83. The zero-order chi connectivity index (χ0) is 14.1. The van der Waals surface area contributed by atoms with Crippen LogP contribution in [0.3, 0.4) is 0 Å². The molecule has 20 heavy (non-hydrogen) atoms. The number of amides is 1. The van der Waals surface area contributed by atoms with E-state index in [1.807, 2.05) is 12.3 Å². The third-order valence-corrected chi connectivity index (χ3v) is 3.97. The van der Waals surface area contributed by atoms with E-state index >= 15 is 0 Å². The summed E-state index contributed by atoms with van der Waals surface area (Å²) in [5, 5.41) is 9.07. The summed E-state index contributed by atoms with van der Waals surface area (Å²) in [6, 6.07) is 3.04. The number of carbonyl (C=O) groups is 1. The van der Waals surface area contributed by atoms with Crippen molar-refractivity contribution in [3.8, 4) is 0 Å². The van der Waals surface area contributed by atoms with Crippen molar-refractivity contribution < 1.29 is 4.79 Å². The van der Waals surface area contributed by atoms with Gasteiger partial charge in [0.15, 0.2) is 0 Å². The van der Waals surface area contributed by atoms with Crippen LogP contribution in [0.25, 0.3) is 0 Å². The molecule has 0 aromatic carbocycles. The minimum absolute atomic E-state index is 0.158. The van der Waals surface area contributed by atoms with Crippen LogP contribution in [0.15, 0.2) is 22.3 Å². The molecule has 2 aromatic rings. The quantitative estimate of drug-likeness (QED) is 0.921. The molecule has 0 spiro atoms. The SMILES string of the molecule is Cc1nc(CN(C(=O)c2ccc(=O)[nH]n2)C2CC2)cs1. The van der Waals surface area contributed by atoms with Gasteiger partial charge in [0.25, 0.3) is 11.5 Å². The second kappa shape index (κ2) is 5.16. The van der Waals surface area contributed by atoms with Gasteiger partial charge in [-0.15, -0.1) is 11.3 Å². The molecule has 0 atom stereocenters. The fourth-order valence-corrected chi connectivity index (χ4v) is 2.62. The van der Waals surface area contributed by atoms with E-state index in [4.69, 9.17) is 0 Å². The van der Waals surface area contributed by atoms with Gasteiger partial charge in [-0.2, -0.15) is 5.10 Å². The molecule has 6 nitrogen and oxygen atoms in total. The number of rotatable bonds is 4. The van der Waals surface area contributed by atoms with Gasteiger partial charge < -0.3 is 4.90 Å². The van der Waals surface area contributed by atoms with Crippen LogP contribution in [0.4, 0.5) is 0 Å². The average molecular weight is 290 g/mol. The molecule has 104 valence electrons. The lowest BCUT2D eigenvalue weighted by molar-refractivity contribution is 0.0720. The Morgan fingerprint density at radius 2 is 2.30 bits per heavy atom. The number of hydrogen-bond acceptors (Lipinski definition) is 5. The van der Waals surface area contributed by atoms with E-state index in [1.165, 1.54) is 12.1 Å². The summed E-state index contributed by atoms with van der Waals surface area (Å²) in [4.78, 5) is 29.7. The van der Waals surface area contributed by atoms with E-state index in [0.717, 1.165) is 23.5 Å². The fraction of sp³-hybridized carbons (Fsp3) is 0.385. The van der Waals surface area contributed by atoms with Gasteiger partial charge >= 0.3 is 0 Å². The molecular weight excluding hydrogens is 276 g/mol. The summed E-state index contributed by atoms with van der Waals surface area (Å²) in [5.74, 6) is -0.158. The molecule has 1 N–H and O–H groups in total. The van der Waals surface area contributed by atoms with Crippen LogP contribution in [-0.2, 0) is 6.54 Å². The lowest BCUT2D eigenvalue weighted by Gasteiger charge is -2.20. The summed E-state index contributed by atoms with van der Waals surface area (Å²) in [5.41, 5.74) is 0.857. The fourth-order valence-electron chi connectivity index (χ4n) is 2.02. The van der Waals surface area contributed by atoms with Crippen molar-refractivity contribution in [1.29, 1.82) is 0 Å². The maximum atomic E-state index is 12.5. The highest BCUT2D eigenvalue weighted by Crippen LogP contribution is 2.29. The van der Waals surface area contributed by atoms with Crippen molar-refractivity contribution in [1.82, 2.24) is 20.1 Å². The van der Waals surface area contributed by atoms with Crippen molar-refractivity contribution in [3.05, 3.63) is 44.3 Å². The van der Waals surface area contributed by atoms with E-state index in [9.17, 15) is 9.59 Å². The normalized spacial score (nSPS) is 14.2. The van der Waals surface area contributed by atoms with E-state index < -0.39 is 0 Å². The maximum absolute atomic E-state index is 12.5. The molecule has 1 aliphatic rings. The third kappa shape index (κ3) is 2.77. The number of carbonyl (C=O) groups excluding carboxylic acids is 1. The molecule has 0 aliphatic heterocycles. The van der Waals surface area contributed by atoms with Gasteiger partial charge in [0, 0.05) is 17.5 Å². The number of aromatic amines is 1. The van der Waals surface area contributed by atoms with E-state index in [0.29, 0.717) is 6.54 Å². The van der Waals surface area contributed by atoms with Gasteiger partial charge in [0.2, 0.25) is 0 Å². The Hall–Kier alpha value is -2.02. The molecule has 1 saturated carbocycles. The Morgan fingerprint density at radius 1 is 1.50 bits per heavy atom.